The second-order valence-electron chi connectivity index (χ2n) is 4.58. The van der Waals surface area contributed by atoms with Gasteiger partial charge in [0.25, 0.3) is 0 Å². The highest BCUT2D eigenvalue weighted by Crippen LogP contribution is 2.28. The highest BCUT2D eigenvalue weighted by molar-refractivity contribution is 6.09. The molecule has 0 unspecified atom stereocenters. The Hall–Kier alpha value is -2.29. The normalized spacial score (nSPS) is 18.8. The summed E-state index contributed by atoms with van der Waals surface area (Å²) >= 11 is 0. The molecule has 6 heteroatoms. The van der Waals surface area contributed by atoms with Gasteiger partial charge in [0.05, 0.1) is 24.1 Å². The average Bonchev–Trinajstić information content (AvgIpc) is 2.40. The van der Waals surface area contributed by atoms with Gasteiger partial charge < -0.3 is 4.90 Å². The van der Waals surface area contributed by atoms with E-state index in [0.29, 0.717) is 18.9 Å². The van der Waals surface area contributed by atoms with Gasteiger partial charge >= 0.3 is 0 Å². The zero-order chi connectivity index (χ0) is 14.7. The van der Waals surface area contributed by atoms with Crippen LogP contribution in [0.25, 0.3) is 0 Å². The smallest absolute Gasteiger partial charge is 0.237 e. The first-order valence-corrected chi connectivity index (χ1v) is 6.20. The molecular formula is C14H12F2N2O2. The van der Waals surface area contributed by atoms with Crippen LogP contribution in [0.2, 0.25) is 0 Å². The maximum Gasteiger partial charge on any atom is 0.237 e. The van der Waals surface area contributed by atoms with Crippen molar-refractivity contribution in [1.82, 2.24) is 0 Å². The van der Waals surface area contributed by atoms with Crippen LogP contribution in [-0.4, -0.2) is 18.2 Å². The van der Waals surface area contributed by atoms with Crippen LogP contribution in [0.15, 0.2) is 18.2 Å². The minimum atomic E-state index is -0.909. The van der Waals surface area contributed by atoms with Gasteiger partial charge in [-0.2, -0.15) is 5.26 Å². The SMILES string of the molecule is N#CCC(=O)[C@H]1CCCN(c2ccc(F)cc2F)C1=O. The summed E-state index contributed by atoms with van der Waals surface area (Å²) in [6.45, 7) is 0.276. The lowest BCUT2D eigenvalue weighted by atomic mass is 9.91. The summed E-state index contributed by atoms with van der Waals surface area (Å²) in [5.74, 6) is -3.46. The van der Waals surface area contributed by atoms with Gasteiger partial charge in [0.1, 0.15) is 11.6 Å². The van der Waals surface area contributed by atoms with E-state index in [2.05, 4.69) is 0 Å². The number of amides is 1. The molecular weight excluding hydrogens is 266 g/mol. The van der Waals surface area contributed by atoms with Gasteiger partial charge in [-0.15, -0.1) is 0 Å². The van der Waals surface area contributed by atoms with Crippen molar-refractivity contribution in [3.8, 4) is 6.07 Å². The molecule has 0 saturated carbocycles. The Morgan fingerprint density at radius 3 is 2.85 bits per heavy atom. The van der Waals surface area contributed by atoms with E-state index in [-0.39, 0.29) is 18.7 Å². The van der Waals surface area contributed by atoms with Gasteiger partial charge in [-0.1, -0.05) is 0 Å². The number of hydrogen-bond donors (Lipinski definition) is 0. The van der Waals surface area contributed by atoms with Gasteiger partial charge in [-0.25, -0.2) is 8.78 Å². The number of ketones is 1. The molecule has 1 aliphatic heterocycles. The van der Waals surface area contributed by atoms with Gasteiger partial charge in [0.2, 0.25) is 5.91 Å². The second-order valence-corrected chi connectivity index (χ2v) is 4.58. The molecule has 1 atom stereocenters. The topological polar surface area (TPSA) is 61.2 Å². The number of carbonyl (C=O) groups is 2. The van der Waals surface area contributed by atoms with Crippen LogP contribution >= 0.6 is 0 Å². The van der Waals surface area contributed by atoms with E-state index in [1.54, 1.807) is 6.07 Å². The van der Waals surface area contributed by atoms with Crippen molar-refractivity contribution in [2.75, 3.05) is 11.4 Å². The number of Topliss-reactive ketones (excluding diaryl/α,β-unsaturated/α-hetero) is 1. The number of nitrogens with zero attached hydrogens (tertiary/aromatic N) is 2. The fourth-order valence-corrected chi connectivity index (χ4v) is 2.31. The summed E-state index contributed by atoms with van der Waals surface area (Å²) in [5.41, 5.74) is -0.0362. The lowest BCUT2D eigenvalue weighted by Gasteiger charge is -2.31. The van der Waals surface area contributed by atoms with Crippen molar-refractivity contribution in [3.63, 3.8) is 0 Å². The Kier molecular flexibility index (Phi) is 4.08. The molecule has 4 nitrogen and oxygen atoms in total. The number of carbonyl (C=O) groups excluding carboxylic acids is 2. The summed E-state index contributed by atoms with van der Waals surface area (Å²) in [5, 5.41) is 8.51. The summed E-state index contributed by atoms with van der Waals surface area (Å²) < 4.78 is 26.6. The first-order chi connectivity index (χ1) is 9.54. The minimum absolute atomic E-state index is 0.0362. The Labute approximate surface area is 114 Å². The highest BCUT2D eigenvalue weighted by Gasteiger charge is 2.35. The highest BCUT2D eigenvalue weighted by atomic mass is 19.1. The first kappa shape index (κ1) is 14.1. The zero-order valence-corrected chi connectivity index (χ0v) is 10.6. The molecule has 1 saturated heterocycles. The Bertz CT molecular complexity index is 595. The third-order valence-electron chi connectivity index (χ3n) is 3.28. The van der Waals surface area contributed by atoms with Gasteiger partial charge in [0.15, 0.2) is 5.78 Å². The van der Waals surface area contributed by atoms with Crippen molar-refractivity contribution < 1.29 is 18.4 Å². The molecule has 0 N–H and O–H groups in total. The number of anilines is 1. The van der Waals surface area contributed by atoms with Crippen molar-refractivity contribution in [2.45, 2.75) is 19.3 Å². The Morgan fingerprint density at radius 1 is 1.45 bits per heavy atom. The molecule has 0 aromatic heterocycles. The molecule has 1 heterocycles. The largest absolute Gasteiger partial charge is 0.309 e. The Morgan fingerprint density at radius 2 is 2.20 bits per heavy atom. The van der Waals surface area contributed by atoms with Crippen molar-refractivity contribution >= 4 is 17.4 Å². The molecule has 1 aliphatic rings. The molecule has 104 valence electrons. The molecule has 1 fully saturated rings. The molecule has 2 rings (SSSR count). The molecule has 1 aromatic carbocycles. The molecule has 0 spiro atoms. The van der Waals surface area contributed by atoms with Crippen LogP contribution < -0.4 is 4.90 Å². The zero-order valence-electron chi connectivity index (χ0n) is 10.6. The maximum absolute atomic E-state index is 13.7. The Balaban J connectivity index is 2.26. The van der Waals surface area contributed by atoms with E-state index < -0.39 is 29.2 Å². The van der Waals surface area contributed by atoms with Crippen molar-refractivity contribution in [2.24, 2.45) is 5.92 Å². The number of nitriles is 1. The van der Waals surface area contributed by atoms with Crippen molar-refractivity contribution in [3.05, 3.63) is 29.8 Å². The van der Waals surface area contributed by atoms with Crippen molar-refractivity contribution in [1.29, 1.82) is 5.26 Å². The third kappa shape index (κ3) is 2.67. The molecule has 20 heavy (non-hydrogen) atoms. The number of halogens is 2. The predicted molar refractivity (Wildman–Crippen MR) is 66.7 cm³/mol. The number of hydrogen-bond acceptors (Lipinski definition) is 3. The van der Waals surface area contributed by atoms with E-state index >= 15 is 0 Å². The lowest BCUT2D eigenvalue weighted by Crippen LogP contribution is -2.44. The average molecular weight is 278 g/mol. The first-order valence-electron chi connectivity index (χ1n) is 6.20. The van der Waals surface area contributed by atoms with Crippen LogP contribution in [-0.2, 0) is 9.59 Å². The molecule has 1 amide bonds. The number of piperidine rings is 1. The second kappa shape index (κ2) is 5.78. The molecule has 0 aliphatic carbocycles. The quantitative estimate of drug-likeness (QED) is 0.796. The van der Waals surface area contributed by atoms with Gasteiger partial charge in [0, 0.05) is 12.6 Å². The standard InChI is InChI=1S/C14H12F2N2O2/c15-9-3-4-12(11(16)8-9)18-7-1-2-10(14(18)20)13(19)5-6-17/h3-4,8,10H,1-2,5,7H2/t10-/m1/s1. The van der Waals surface area contributed by atoms with Gasteiger partial charge in [-0.3, -0.25) is 9.59 Å². The summed E-state index contributed by atoms with van der Waals surface area (Å²) in [6.07, 6.45) is 0.555. The van der Waals surface area contributed by atoms with E-state index in [1.165, 1.54) is 6.07 Å². The summed E-state index contributed by atoms with van der Waals surface area (Å²) in [4.78, 5) is 25.1. The van der Waals surface area contributed by atoms with E-state index in [1.807, 2.05) is 0 Å². The summed E-state index contributed by atoms with van der Waals surface area (Å²) in [7, 11) is 0. The van der Waals surface area contributed by atoms with Crippen LogP contribution in [0, 0.1) is 28.9 Å². The van der Waals surface area contributed by atoms with Crippen LogP contribution in [0.4, 0.5) is 14.5 Å². The molecule has 0 bridgehead atoms. The minimum Gasteiger partial charge on any atom is -0.309 e. The fraction of sp³-hybridized carbons (Fsp3) is 0.357. The fourth-order valence-electron chi connectivity index (χ4n) is 2.31. The monoisotopic (exact) mass is 278 g/mol. The number of rotatable bonds is 3. The van der Waals surface area contributed by atoms with Gasteiger partial charge in [-0.05, 0) is 25.0 Å². The van der Waals surface area contributed by atoms with Crippen LogP contribution in [0.1, 0.15) is 19.3 Å². The molecule has 0 radical (unpaired) electrons. The summed E-state index contributed by atoms with van der Waals surface area (Å²) in [6, 6.07) is 4.65. The van der Waals surface area contributed by atoms with Crippen LogP contribution in [0.3, 0.4) is 0 Å². The maximum atomic E-state index is 13.7. The third-order valence-corrected chi connectivity index (χ3v) is 3.28. The molecule has 1 aromatic rings. The van der Waals surface area contributed by atoms with Crippen LogP contribution in [0.5, 0.6) is 0 Å². The number of benzene rings is 1. The van der Waals surface area contributed by atoms with E-state index in [4.69, 9.17) is 5.26 Å². The van der Waals surface area contributed by atoms with E-state index in [0.717, 1.165) is 11.0 Å². The lowest BCUT2D eigenvalue weighted by molar-refractivity contribution is -0.133. The van der Waals surface area contributed by atoms with E-state index in [9.17, 15) is 18.4 Å². The predicted octanol–water partition coefficient (Wildman–Crippen LogP) is 2.19.